The Morgan fingerprint density at radius 2 is 1.86 bits per heavy atom. The van der Waals surface area contributed by atoms with E-state index < -0.39 is 6.04 Å². The summed E-state index contributed by atoms with van der Waals surface area (Å²) >= 11 is 6.19. The standard InChI is InChI=1S/C19H23ClN4O2.CH2O2/c1-12-16(13(2)22(4)21-12)10-24-14(3)19(26)23(11-18(24)25)9-15-7-5-6-8-17(15)20;2-1-3/h5-8,14H,9-11H2,1-4H3;1H,(H,2,3)/t14-;/m0./s1. The van der Waals surface area contributed by atoms with Crippen LogP contribution < -0.4 is 0 Å². The number of carbonyl (C=O) groups excluding carboxylic acids is 2. The van der Waals surface area contributed by atoms with Gasteiger partial charge in [-0.2, -0.15) is 5.10 Å². The number of piperazine rings is 1. The van der Waals surface area contributed by atoms with Crippen LogP contribution in [0, 0.1) is 13.8 Å². The molecule has 1 aromatic carbocycles. The van der Waals surface area contributed by atoms with E-state index in [1.165, 1.54) is 0 Å². The van der Waals surface area contributed by atoms with E-state index in [2.05, 4.69) is 5.10 Å². The van der Waals surface area contributed by atoms with Crippen molar-refractivity contribution in [1.82, 2.24) is 19.6 Å². The van der Waals surface area contributed by atoms with Crippen molar-refractivity contribution in [2.24, 2.45) is 7.05 Å². The minimum absolute atomic E-state index is 0.0623. The molecule has 1 fully saturated rings. The maximum atomic E-state index is 12.8. The molecule has 8 nitrogen and oxygen atoms in total. The third-order valence-corrected chi connectivity index (χ3v) is 5.46. The lowest BCUT2D eigenvalue weighted by molar-refractivity contribution is -0.156. The maximum absolute atomic E-state index is 12.8. The van der Waals surface area contributed by atoms with Crippen LogP contribution in [0.25, 0.3) is 0 Å². The van der Waals surface area contributed by atoms with Gasteiger partial charge in [-0.1, -0.05) is 29.8 Å². The lowest BCUT2D eigenvalue weighted by Gasteiger charge is -2.39. The molecule has 3 rings (SSSR count). The average Bonchev–Trinajstić information content (AvgIpc) is 2.91. The molecular formula is C20H25ClN4O4. The van der Waals surface area contributed by atoms with Gasteiger partial charge in [0, 0.05) is 29.9 Å². The number of hydrogen-bond acceptors (Lipinski definition) is 4. The summed E-state index contributed by atoms with van der Waals surface area (Å²) in [6, 6.07) is 6.87. The van der Waals surface area contributed by atoms with Crippen LogP contribution in [0.4, 0.5) is 0 Å². The molecule has 1 aliphatic rings. The second kappa shape index (κ2) is 9.56. The van der Waals surface area contributed by atoms with Crippen molar-refractivity contribution in [3.8, 4) is 0 Å². The summed E-state index contributed by atoms with van der Waals surface area (Å²) in [5.41, 5.74) is 3.74. The Labute approximate surface area is 174 Å². The van der Waals surface area contributed by atoms with Crippen molar-refractivity contribution in [2.45, 2.75) is 39.9 Å². The van der Waals surface area contributed by atoms with Crippen molar-refractivity contribution >= 4 is 29.9 Å². The lowest BCUT2D eigenvalue weighted by atomic mass is 10.1. The van der Waals surface area contributed by atoms with Gasteiger partial charge < -0.3 is 14.9 Å². The molecule has 1 aromatic heterocycles. The molecule has 0 spiro atoms. The topological polar surface area (TPSA) is 95.7 Å². The number of hydrogen-bond donors (Lipinski definition) is 1. The zero-order chi connectivity index (χ0) is 21.7. The van der Waals surface area contributed by atoms with E-state index in [0.29, 0.717) is 18.1 Å². The first-order valence-electron chi connectivity index (χ1n) is 9.09. The molecule has 1 atom stereocenters. The van der Waals surface area contributed by atoms with Gasteiger partial charge in [-0.15, -0.1) is 0 Å². The maximum Gasteiger partial charge on any atom is 0.290 e. The van der Waals surface area contributed by atoms with Gasteiger partial charge in [0.05, 0.1) is 12.2 Å². The Bertz CT molecular complexity index is 912. The second-order valence-corrected chi connectivity index (χ2v) is 7.27. The summed E-state index contributed by atoms with van der Waals surface area (Å²) in [6.45, 7) is 6.23. The summed E-state index contributed by atoms with van der Waals surface area (Å²) in [4.78, 5) is 37.2. The molecular weight excluding hydrogens is 396 g/mol. The number of nitrogens with zero attached hydrogens (tertiary/aromatic N) is 4. The summed E-state index contributed by atoms with van der Waals surface area (Å²) in [5, 5.41) is 11.9. The Morgan fingerprint density at radius 1 is 1.24 bits per heavy atom. The Balaban J connectivity index is 0.000000941. The number of rotatable bonds is 4. The third kappa shape index (κ3) is 4.95. The summed E-state index contributed by atoms with van der Waals surface area (Å²) in [7, 11) is 1.88. The van der Waals surface area contributed by atoms with Crippen LogP contribution in [0.15, 0.2) is 24.3 Å². The van der Waals surface area contributed by atoms with Crippen LogP contribution in [-0.4, -0.2) is 55.6 Å². The first-order valence-corrected chi connectivity index (χ1v) is 9.47. The normalized spacial score (nSPS) is 16.5. The van der Waals surface area contributed by atoms with Gasteiger partial charge in [0.25, 0.3) is 6.47 Å². The molecule has 0 unspecified atom stereocenters. The van der Waals surface area contributed by atoms with Gasteiger partial charge in [0.2, 0.25) is 11.8 Å². The number of carbonyl (C=O) groups is 3. The zero-order valence-corrected chi connectivity index (χ0v) is 17.7. The summed E-state index contributed by atoms with van der Waals surface area (Å²) in [5.74, 6) is -0.129. The van der Waals surface area contributed by atoms with Crippen LogP contribution in [0.1, 0.15) is 29.4 Å². The number of amides is 2. The van der Waals surface area contributed by atoms with Crippen LogP contribution in [0.2, 0.25) is 5.02 Å². The molecule has 0 radical (unpaired) electrons. The first-order chi connectivity index (χ1) is 13.7. The number of halogens is 1. The largest absolute Gasteiger partial charge is 0.483 e. The van der Waals surface area contributed by atoms with Crippen molar-refractivity contribution in [2.75, 3.05) is 6.54 Å². The minimum atomic E-state index is -0.516. The minimum Gasteiger partial charge on any atom is -0.483 e. The third-order valence-electron chi connectivity index (χ3n) is 5.09. The highest BCUT2D eigenvalue weighted by molar-refractivity contribution is 6.31. The van der Waals surface area contributed by atoms with E-state index in [1.807, 2.05) is 39.1 Å². The van der Waals surface area contributed by atoms with Gasteiger partial charge in [-0.3, -0.25) is 19.1 Å². The van der Waals surface area contributed by atoms with E-state index in [1.54, 1.807) is 27.5 Å². The molecule has 1 saturated heterocycles. The molecule has 1 N–H and O–H groups in total. The van der Waals surface area contributed by atoms with E-state index in [-0.39, 0.29) is 24.8 Å². The SMILES string of the molecule is Cc1nn(C)c(C)c1CN1C(=O)CN(Cc2ccccc2Cl)C(=O)[C@@H]1C.O=CO. The van der Waals surface area contributed by atoms with E-state index >= 15 is 0 Å². The molecule has 9 heteroatoms. The number of aryl methyl sites for hydroxylation is 2. The molecule has 2 amide bonds. The fourth-order valence-corrected chi connectivity index (χ4v) is 3.55. The quantitative estimate of drug-likeness (QED) is 0.764. The fraction of sp³-hybridized carbons (Fsp3) is 0.400. The van der Waals surface area contributed by atoms with Crippen molar-refractivity contribution in [3.63, 3.8) is 0 Å². The molecule has 0 bridgehead atoms. The van der Waals surface area contributed by atoms with Crippen LogP contribution in [-0.2, 0) is 34.5 Å². The summed E-state index contributed by atoms with van der Waals surface area (Å²) < 4.78 is 1.80. The van der Waals surface area contributed by atoms with E-state index in [9.17, 15) is 9.59 Å². The fourth-order valence-electron chi connectivity index (χ4n) is 3.35. The van der Waals surface area contributed by atoms with Crippen LogP contribution >= 0.6 is 11.6 Å². The number of aromatic nitrogens is 2. The molecule has 0 aliphatic carbocycles. The van der Waals surface area contributed by atoms with Gasteiger partial charge in [0.1, 0.15) is 12.6 Å². The number of benzene rings is 1. The van der Waals surface area contributed by atoms with E-state index in [0.717, 1.165) is 22.5 Å². The molecule has 29 heavy (non-hydrogen) atoms. The van der Waals surface area contributed by atoms with Crippen LogP contribution in [0.5, 0.6) is 0 Å². The van der Waals surface area contributed by atoms with Gasteiger partial charge in [0.15, 0.2) is 0 Å². The predicted molar refractivity (Wildman–Crippen MR) is 108 cm³/mol. The molecule has 0 saturated carbocycles. The van der Waals surface area contributed by atoms with Gasteiger partial charge in [-0.25, -0.2) is 0 Å². The summed E-state index contributed by atoms with van der Waals surface area (Å²) in [6.07, 6.45) is 0. The average molecular weight is 421 g/mol. The first kappa shape index (κ1) is 22.4. The highest BCUT2D eigenvalue weighted by atomic mass is 35.5. The zero-order valence-electron chi connectivity index (χ0n) is 16.9. The lowest BCUT2D eigenvalue weighted by Crippen LogP contribution is -2.58. The molecule has 2 aromatic rings. The highest BCUT2D eigenvalue weighted by Crippen LogP contribution is 2.23. The Hall–Kier alpha value is -2.87. The van der Waals surface area contributed by atoms with Crippen molar-refractivity contribution in [3.05, 3.63) is 51.8 Å². The predicted octanol–water partition coefficient (Wildman–Crippen LogP) is 2.15. The Kier molecular flexibility index (Phi) is 7.39. The smallest absolute Gasteiger partial charge is 0.290 e. The van der Waals surface area contributed by atoms with Crippen LogP contribution in [0.3, 0.4) is 0 Å². The second-order valence-electron chi connectivity index (χ2n) is 6.86. The highest BCUT2D eigenvalue weighted by Gasteiger charge is 2.37. The molecule has 1 aliphatic heterocycles. The van der Waals surface area contributed by atoms with Gasteiger partial charge in [-0.05, 0) is 32.4 Å². The molecule has 2 heterocycles. The van der Waals surface area contributed by atoms with Crippen molar-refractivity contribution in [1.29, 1.82) is 0 Å². The molecule has 156 valence electrons. The monoisotopic (exact) mass is 420 g/mol. The van der Waals surface area contributed by atoms with Crippen molar-refractivity contribution < 1.29 is 19.5 Å². The van der Waals surface area contributed by atoms with E-state index in [4.69, 9.17) is 21.5 Å². The Morgan fingerprint density at radius 3 is 2.41 bits per heavy atom. The van der Waals surface area contributed by atoms with Gasteiger partial charge >= 0.3 is 0 Å². The number of carboxylic acid groups (broad SMARTS) is 1.